The fourth-order valence-corrected chi connectivity index (χ4v) is 2.94. The third-order valence-electron chi connectivity index (χ3n) is 2.85. The maximum Gasteiger partial charge on any atom is 0.334 e. The minimum absolute atomic E-state index is 0.281. The Morgan fingerprint density at radius 2 is 2.00 bits per heavy atom. The predicted octanol–water partition coefficient (Wildman–Crippen LogP) is 2.56. The van der Waals surface area contributed by atoms with E-state index in [9.17, 15) is 5.11 Å². The number of rotatable bonds is 7. The first-order valence-corrected chi connectivity index (χ1v) is 8.25. The molecular formula is C12H21NO3Si. The number of anilines is 1. The van der Waals surface area contributed by atoms with Gasteiger partial charge in [-0.25, -0.2) is 0 Å². The van der Waals surface area contributed by atoms with Crippen molar-refractivity contribution in [2.24, 2.45) is 0 Å². The lowest BCUT2D eigenvalue weighted by atomic mass is 10.3. The standard InChI is InChI=1S/C12H21NO3Si/c1-15-17(3,16-2)9-5-8-13-11-6-4-7-12(14)10-11/h4,6-7,10,13-14H,5,8-9H2,1-3H3. The largest absolute Gasteiger partial charge is 0.508 e. The molecule has 0 aliphatic heterocycles. The summed E-state index contributed by atoms with van der Waals surface area (Å²) in [5.41, 5.74) is 0.934. The molecule has 0 amide bonds. The summed E-state index contributed by atoms with van der Waals surface area (Å²) in [6, 6.07) is 8.07. The van der Waals surface area contributed by atoms with Crippen LogP contribution in [-0.2, 0) is 8.85 Å². The van der Waals surface area contributed by atoms with Crippen LogP contribution < -0.4 is 5.32 Å². The number of nitrogens with one attached hydrogen (secondary N) is 1. The monoisotopic (exact) mass is 255 g/mol. The highest BCUT2D eigenvalue weighted by Crippen LogP contribution is 2.17. The molecule has 0 unspecified atom stereocenters. The van der Waals surface area contributed by atoms with Crippen molar-refractivity contribution in [3.63, 3.8) is 0 Å². The Morgan fingerprint density at radius 1 is 1.29 bits per heavy atom. The second-order valence-corrected chi connectivity index (χ2v) is 7.71. The molecule has 4 nitrogen and oxygen atoms in total. The third-order valence-corrected chi connectivity index (χ3v) is 5.84. The molecule has 1 rings (SSSR count). The average molecular weight is 255 g/mol. The Morgan fingerprint density at radius 3 is 2.59 bits per heavy atom. The van der Waals surface area contributed by atoms with Crippen LogP contribution in [0.2, 0.25) is 12.6 Å². The average Bonchev–Trinajstić information content (AvgIpc) is 2.34. The molecule has 0 aliphatic rings. The summed E-state index contributed by atoms with van der Waals surface area (Å²) in [5.74, 6) is 0.281. The highest BCUT2D eigenvalue weighted by Gasteiger charge is 2.27. The molecular weight excluding hydrogens is 234 g/mol. The van der Waals surface area contributed by atoms with Crippen molar-refractivity contribution in [3.05, 3.63) is 24.3 Å². The highest BCUT2D eigenvalue weighted by molar-refractivity contribution is 6.65. The van der Waals surface area contributed by atoms with Gasteiger partial charge in [-0.3, -0.25) is 0 Å². The van der Waals surface area contributed by atoms with Crippen LogP contribution in [-0.4, -0.2) is 34.4 Å². The van der Waals surface area contributed by atoms with Crippen molar-refractivity contribution in [2.75, 3.05) is 26.1 Å². The number of phenols is 1. The van der Waals surface area contributed by atoms with Gasteiger partial charge < -0.3 is 19.3 Å². The molecule has 1 aromatic rings. The SMILES string of the molecule is CO[Si](C)(CCCNc1cccc(O)c1)OC. The zero-order valence-electron chi connectivity index (χ0n) is 10.7. The van der Waals surface area contributed by atoms with Crippen LogP contribution in [0.5, 0.6) is 5.75 Å². The van der Waals surface area contributed by atoms with E-state index in [0.717, 1.165) is 24.7 Å². The predicted molar refractivity (Wildman–Crippen MR) is 71.7 cm³/mol. The van der Waals surface area contributed by atoms with Gasteiger partial charge in [-0.2, -0.15) is 0 Å². The van der Waals surface area contributed by atoms with Gasteiger partial charge in [-0.15, -0.1) is 0 Å². The van der Waals surface area contributed by atoms with Gasteiger partial charge in [0.2, 0.25) is 0 Å². The van der Waals surface area contributed by atoms with Crippen LogP contribution in [0, 0.1) is 0 Å². The van der Waals surface area contributed by atoms with Gasteiger partial charge in [0.1, 0.15) is 5.75 Å². The van der Waals surface area contributed by atoms with Crippen LogP contribution in [0.4, 0.5) is 5.69 Å². The summed E-state index contributed by atoms with van der Waals surface area (Å²) >= 11 is 0. The van der Waals surface area contributed by atoms with E-state index in [4.69, 9.17) is 8.85 Å². The summed E-state index contributed by atoms with van der Waals surface area (Å²) in [4.78, 5) is 0. The summed E-state index contributed by atoms with van der Waals surface area (Å²) in [6.07, 6.45) is 0.986. The van der Waals surface area contributed by atoms with Crippen LogP contribution in [0.15, 0.2) is 24.3 Å². The Hall–Kier alpha value is -1.04. The van der Waals surface area contributed by atoms with Crippen molar-refractivity contribution in [3.8, 4) is 5.75 Å². The number of benzene rings is 1. The lowest BCUT2D eigenvalue weighted by Crippen LogP contribution is -2.36. The molecule has 2 N–H and O–H groups in total. The van der Waals surface area contributed by atoms with Crippen molar-refractivity contribution in [1.82, 2.24) is 0 Å². The highest BCUT2D eigenvalue weighted by atomic mass is 28.4. The second-order valence-electron chi connectivity index (χ2n) is 4.12. The van der Waals surface area contributed by atoms with Crippen LogP contribution >= 0.6 is 0 Å². The smallest absolute Gasteiger partial charge is 0.334 e. The van der Waals surface area contributed by atoms with Gasteiger partial charge in [0.15, 0.2) is 0 Å². The van der Waals surface area contributed by atoms with Crippen molar-refractivity contribution in [2.45, 2.75) is 19.0 Å². The van der Waals surface area contributed by atoms with E-state index in [2.05, 4.69) is 11.9 Å². The third kappa shape index (κ3) is 4.76. The van der Waals surface area contributed by atoms with E-state index < -0.39 is 8.56 Å². The maximum atomic E-state index is 9.30. The number of hydrogen-bond acceptors (Lipinski definition) is 4. The van der Waals surface area contributed by atoms with E-state index in [0.29, 0.717) is 0 Å². The molecule has 0 saturated heterocycles. The lowest BCUT2D eigenvalue weighted by molar-refractivity contribution is 0.249. The van der Waals surface area contributed by atoms with Crippen molar-refractivity contribution < 1.29 is 14.0 Å². The van der Waals surface area contributed by atoms with E-state index in [1.54, 1.807) is 26.4 Å². The van der Waals surface area contributed by atoms with Gasteiger partial charge >= 0.3 is 8.56 Å². The summed E-state index contributed by atoms with van der Waals surface area (Å²) in [6.45, 7) is 2.90. The Balaban J connectivity index is 2.29. The van der Waals surface area contributed by atoms with E-state index in [1.165, 1.54) is 0 Å². The molecule has 0 heterocycles. The van der Waals surface area contributed by atoms with Crippen molar-refractivity contribution >= 4 is 14.2 Å². The molecule has 0 spiro atoms. The second kappa shape index (κ2) is 6.63. The van der Waals surface area contributed by atoms with E-state index in [-0.39, 0.29) is 5.75 Å². The molecule has 0 atom stereocenters. The Bertz CT molecular complexity index is 342. The normalized spacial score (nSPS) is 11.5. The van der Waals surface area contributed by atoms with Gasteiger partial charge in [-0.05, 0) is 31.1 Å². The maximum absolute atomic E-state index is 9.30. The zero-order chi connectivity index (χ0) is 12.7. The molecule has 5 heteroatoms. The molecule has 0 aliphatic carbocycles. The molecule has 0 radical (unpaired) electrons. The Labute approximate surface area is 104 Å². The van der Waals surface area contributed by atoms with Gasteiger partial charge in [0.25, 0.3) is 0 Å². The Kier molecular flexibility index (Phi) is 5.47. The van der Waals surface area contributed by atoms with Crippen LogP contribution in [0.1, 0.15) is 6.42 Å². The minimum Gasteiger partial charge on any atom is -0.508 e. The molecule has 0 bridgehead atoms. The number of hydrogen-bond donors (Lipinski definition) is 2. The lowest BCUT2D eigenvalue weighted by Gasteiger charge is -2.22. The molecule has 1 aromatic carbocycles. The van der Waals surface area contributed by atoms with E-state index in [1.807, 2.05) is 12.1 Å². The first-order valence-electron chi connectivity index (χ1n) is 5.73. The van der Waals surface area contributed by atoms with Gasteiger partial charge in [-0.1, -0.05) is 6.07 Å². The number of phenolic OH excluding ortho intramolecular Hbond substituents is 1. The minimum atomic E-state index is -1.94. The molecule has 96 valence electrons. The molecule has 0 fully saturated rings. The number of aromatic hydroxyl groups is 1. The fraction of sp³-hybridized carbons (Fsp3) is 0.500. The van der Waals surface area contributed by atoms with Gasteiger partial charge in [0.05, 0.1) is 0 Å². The zero-order valence-corrected chi connectivity index (χ0v) is 11.7. The quantitative estimate of drug-likeness (QED) is 0.581. The van der Waals surface area contributed by atoms with Crippen LogP contribution in [0.25, 0.3) is 0 Å². The fourth-order valence-electron chi connectivity index (χ4n) is 1.55. The summed E-state index contributed by atoms with van der Waals surface area (Å²) in [5, 5.41) is 12.6. The molecule has 17 heavy (non-hydrogen) atoms. The van der Waals surface area contributed by atoms with Crippen LogP contribution in [0.3, 0.4) is 0 Å². The molecule has 0 saturated carbocycles. The topological polar surface area (TPSA) is 50.7 Å². The first-order chi connectivity index (χ1) is 8.09. The summed E-state index contributed by atoms with van der Waals surface area (Å²) < 4.78 is 10.8. The van der Waals surface area contributed by atoms with E-state index >= 15 is 0 Å². The van der Waals surface area contributed by atoms with Crippen molar-refractivity contribution in [1.29, 1.82) is 0 Å². The summed E-state index contributed by atoms with van der Waals surface area (Å²) in [7, 11) is 1.48. The molecule has 0 aromatic heterocycles. The first kappa shape index (κ1) is 14.0. The van der Waals surface area contributed by atoms with Gasteiger partial charge in [0, 0.05) is 32.5 Å².